The van der Waals surface area contributed by atoms with E-state index >= 15 is 0 Å². The van der Waals surface area contributed by atoms with Gasteiger partial charge in [0.1, 0.15) is 29.3 Å². The number of methoxy groups -OCH3 is 1. The SMILES string of the molecule is COc1cc(N)nc2c1cc(C(=O)NCc1ccc(Cl)cc1)c(=O)n2CC(=O)O. The molecule has 9 nitrogen and oxygen atoms in total. The Morgan fingerprint density at radius 3 is 2.59 bits per heavy atom. The van der Waals surface area contributed by atoms with E-state index in [9.17, 15) is 19.5 Å². The molecule has 0 saturated carbocycles. The second-order valence-electron chi connectivity index (χ2n) is 6.14. The fourth-order valence-electron chi connectivity index (χ4n) is 2.82. The smallest absolute Gasteiger partial charge is 0.323 e. The van der Waals surface area contributed by atoms with Crippen molar-refractivity contribution in [2.24, 2.45) is 0 Å². The molecule has 0 atom stereocenters. The lowest BCUT2D eigenvalue weighted by atomic mass is 10.1. The summed E-state index contributed by atoms with van der Waals surface area (Å²) in [6.45, 7) is -0.531. The Balaban J connectivity index is 2.06. The summed E-state index contributed by atoms with van der Waals surface area (Å²) in [6.07, 6.45) is 0. The molecule has 150 valence electrons. The van der Waals surface area contributed by atoms with Crippen molar-refractivity contribution in [1.29, 1.82) is 0 Å². The number of hydrogen-bond donors (Lipinski definition) is 3. The molecule has 4 N–H and O–H groups in total. The Morgan fingerprint density at radius 1 is 1.28 bits per heavy atom. The Bertz CT molecular complexity index is 1160. The monoisotopic (exact) mass is 416 g/mol. The van der Waals surface area contributed by atoms with Gasteiger partial charge in [-0.3, -0.25) is 19.0 Å². The molecule has 0 aliphatic heterocycles. The van der Waals surface area contributed by atoms with Crippen LogP contribution in [-0.4, -0.2) is 33.6 Å². The van der Waals surface area contributed by atoms with Crippen LogP contribution in [0.15, 0.2) is 41.2 Å². The number of carboxylic acid groups (broad SMARTS) is 1. The molecule has 0 saturated heterocycles. The average Bonchev–Trinajstić information content (AvgIpc) is 2.68. The van der Waals surface area contributed by atoms with Crippen LogP contribution in [0.1, 0.15) is 15.9 Å². The van der Waals surface area contributed by atoms with E-state index in [0.717, 1.165) is 10.1 Å². The second-order valence-corrected chi connectivity index (χ2v) is 6.58. The molecule has 0 aliphatic carbocycles. The molecule has 2 heterocycles. The molecule has 29 heavy (non-hydrogen) atoms. The number of hydrogen-bond acceptors (Lipinski definition) is 6. The Hall–Kier alpha value is -3.59. The highest BCUT2D eigenvalue weighted by molar-refractivity contribution is 6.30. The molecule has 0 aliphatic rings. The fraction of sp³-hybridized carbons (Fsp3) is 0.158. The van der Waals surface area contributed by atoms with Gasteiger partial charge in [0.05, 0.1) is 12.5 Å². The number of carbonyl (C=O) groups is 2. The largest absolute Gasteiger partial charge is 0.496 e. The topological polar surface area (TPSA) is 137 Å². The van der Waals surface area contributed by atoms with Gasteiger partial charge in [-0.2, -0.15) is 0 Å². The van der Waals surface area contributed by atoms with Gasteiger partial charge >= 0.3 is 5.97 Å². The minimum atomic E-state index is -1.27. The molecule has 10 heteroatoms. The first-order valence-corrected chi connectivity index (χ1v) is 8.80. The molecule has 3 aromatic rings. The normalized spacial score (nSPS) is 10.7. The number of amides is 1. The zero-order valence-electron chi connectivity index (χ0n) is 15.3. The second kappa shape index (κ2) is 8.19. The number of aliphatic carboxylic acids is 1. The van der Waals surface area contributed by atoms with Crippen molar-refractivity contribution in [2.45, 2.75) is 13.1 Å². The third-order valence-electron chi connectivity index (χ3n) is 4.16. The first-order chi connectivity index (χ1) is 13.8. The summed E-state index contributed by atoms with van der Waals surface area (Å²) in [5, 5.41) is 12.7. The van der Waals surface area contributed by atoms with Crippen LogP contribution in [0, 0.1) is 0 Å². The fourth-order valence-corrected chi connectivity index (χ4v) is 2.95. The number of benzene rings is 1. The number of carboxylic acids is 1. The van der Waals surface area contributed by atoms with Gasteiger partial charge in [0.25, 0.3) is 11.5 Å². The number of anilines is 1. The Labute approximate surface area is 169 Å². The maximum atomic E-state index is 12.8. The summed E-state index contributed by atoms with van der Waals surface area (Å²) in [5.41, 5.74) is 5.49. The Morgan fingerprint density at radius 2 is 1.97 bits per heavy atom. The number of rotatable bonds is 6. The van der Waals surface area contributed by atoms with E-state index in [1.807, 2.05) is 0 Å². The summed E-state index contributed by atoms with van der Waals surface area (Å²) >= 11 is 5.84. The Kier molecular flexibility index (Phi) is 5.69. The minimum absolute atomic E-state index is 0.0171. The van der Waals surface area contributed by atoms with Gasteiger partial charge in [-0.05, 0) is 23.8 Å². The van der Waals surface area contributed by atoms with Crippen LogP contribution in [0.3, 0.4) is 0 Å². The quantitative estimate of drug-likeness (QED) is 0.555. The van der Waals surface area contributed by atoms with E-state index in [1.165, 1.54) is 19.2 Å². The number of carbonyl (C=O) groups excluding carboxylic acids is 1. The lowest BCUT2D eigenvalue weighted by Crippen LogP contribution is -2.34. The van der Waals surface area contributed by atoms with Gasteiger partial charge in [0, 0.05) is 17.6 Å². The lowest BCUT2D eigenvalue weighted by molar-refractivity contribution is -0.137. The van der Waals surface area contributed by atoms with Crippen LogP contribution in [0.2, 0.25) is 5.02 Å². The molecule has 1 aromatic carbocycles. The highest BCUT2D eigenvalue weighted by Gasteiger charge is 2.20. The van der Waals surface area contributed by atoms with Crippen LogP contribution in [-0.2, 0) is 17.9 Å². The number of halogens is 1. The number of nitrogens with one attached hydrogen (secondary N) is 1. The number of ether oxygens (including phenoxy) is 1. The standard InChI is InChI=1S/C19H17ClN4O5/c1-29-14-7-15(21)23-17-12(14)6-13(19(28)24(17)9-16(25)26)18(27)22-8-10-2-4-11(20)5-3-10/h2-7H,8-9H2,1H3,(H2,21,23)(H,22,27)(H,25,26). The van der Waals surface area contributed by atoms with Crippen molar-refractivity contribution in [3.63, 3.8) is 0 Å². The number of nitrogen functional groups attached to an aromatic ring is 1. The van der Waals surface area contributed by atoms with Crippen LogP contribution in [0.5, 0.6) is 5.75 Å². The van der Waals surface area contributed by atoms with Gasteiger partial charge in [-0.15, -0.1) is 0 Å². The molecular weight excluding hydrogens is 400 g/mol. The average molecular weight is 417 g/mol. The van der Waals surface area contributed by atoms with Crippen molar-refractivity contribution >= 4 is 40.3 Å². The molecular formula is C19H17ClN4O5. The molecule has 1 amide bonds. The van der Waals surface area contributed by atoms with E-state index in [4.69, 9.17) is 22.1 Å². The molecule has 0 bridgehead atoms. The van der Waals surface area contributed by atoms with Gasteiger partial charge < -0.3 is 20.9 Å². The van der Waals surface area contributed by atoms with E-state index in [1.54, 1.807) is 24.3 Å². The van der Waals surface area contributed by atoms with Crippen molar-refractivity contribution in [3.05, 3.63) is 62.9 Å². The molecule has 0 radical (unpaired) electrons. The number of aromatic nitrogens is 2. The molecule has 3 rings (SSSR count). The highest BCUT2D eigenvalue weighted by Crippen LogP contribution is 2.26. The van der Waals surface area contributed by atoms with Gasteiger partial charge in [-0.25, -0.2) is 4.98 Å². The molecule has 0 spiro atoms. The zero-order valence-corrected chi connectivity index (χ0v) is 16.1. The number of nitrogens with two attached hydrogens (primary N) is 1. The lowest BCUT2D eigenvalue weighted by Gasteiger charge is -2.13. The number of pyridine rings is 2. The number of fused-ring (bicyclic) bond motifs is 1. The first-order valence-electron chi connectivity index (χ1n) is 8.42. The number of nitrogens with zero attached hydrogens (tertiary/aromatic N) is 2. The van der Waals surface area contributed by atoms with E-state index in [0.29, 0.717) is 10.4 Å². The van der Waals surface area contributed by atoms with Crippen molar-refractivity contribution in [3.8, 4) is 5.75 Å². The third-order valence-corrected chi connectivity index (χ3v) is 4.42. The van der Waals surface area contributed by atoms with E-state index < -0.39 is 24.0 Å². The predicted octanol–water partition coefficient (Wildman–Crippen LogP) is 1.66. The summed E-state index contributed by atoms with van der Waals surface area (Å²) in [5.74, 6) is -1.62. The van der Waals surface area contributed by atoms with E-state index in [2.05, 4.69) is 10.3 Å². The van der Waals surface area contributed by atoms with Gasteiger partial charge in [-0.1, -0.05) is 23.7 Å². The summed E-state index contributed by atoms with van der Waals surface area (Å²) in [7, 11) is 1.39. The predicted molar refractivity (Wildman–Crippen MR) is 107 cm³/mol. The minimum Gasteiger partial charge on any atom is -0.496 e. The van der Waals surface area contributed by atoms with Crippen LogP contribution in [0.25, 0.3) is 11.0 Å². The van der Waals surface area contributed by atoms with Crippen LogP contribution >= 0.6 is 11.6 Å². The molecule has 2 aromatic heterocycles. The zero-order chi connectivity index (χ0) is 21.1. The van der Waals surface area contributed by atoms with Crippen molar-refractivity contribution in [1.82, 2.24) is 14.9 Å². The highest BCUT2D eigenvalue weighted by atomic mass is 35.5. The maximum absolute atomic E-state index is 12.8. The molecule has 0 unspecified atom stereocenters. The maximum Gasteiger partial charge on any atom is 0.323 e. The summed E-state index contributed by atoms with van der Waals surface area (Å²) < 4.78 is 6.14. The first kappa shape index (κ1) is 20.2. The van der Waals surface area contributed by atoms with Crippen molar-refractivity contribution < 1.29 is 19.4 Å². The van der Waals surface area contributed by atoms with Crippen molar-refractivity contribution in [2.75, 3.05) is 12.8 Å². The van der Waals surface area contributed by atoms with Crippen LogP contribution < -0.4 is 21.3 Å². The van der Waals surface area contributed by atoms with Gasteiger partial charge in [0.2, 0.25) is 0 Å². The molecule has 0 fully saturated rings. The third kappa shape index (κ3) is 4.30. The van der Waals surface area contributed by atoms with Gasteiger partial charge in [0.15, 0.2) is 0 Å². The van der Waals surface area contributed by atoms with E-state index in [-0.39, 0.29) is 29.3 Å². The summed E-state index contributed by atoms with van der Waals surface area (Å²) in [6, 6.07) is 9.58. The summed E-state index contributed by atoms with van der Waals surface area (Å²) in [4.78, 5) is 40.8. The van der Waals surface area contributed by atoms with Crippen LogP contribution in [0.4, 0.5) is 5.82 Å².